The second-order valence-corrected chi connectivity index (χ2v) is 4.71. The second kappa shape index (κ2) is 4.33. The first-order valence-corrected chi connectivity index (χ1v) is 5.87. The van der Waals surface area contributed by atoms with Gasteiger partial charge in [0.1, 0.15) is 5.54 Å². The molecule has 0 atom stereocenters. The zero-order chi connectivity index (χ0) is 13.3. The molecule has 5 heteroatoms. The number of nitrogen functional groups attached to an aromatic ring is 1. The minimum Gasteiger partial charge on any atom is -0.480 e. The van der Waals surface area contributed by atoms with Crippen molar-refractivity contribution in [3.8, 4) is 0 Å². The fourth-order valence-corrected chi connectivity index (χ4v) is 2.11. The number of amides is 1. The number of hydrogen-bond donors (Lipinski definition) is 3. The normalized spacial score (nSPS) is 16.7. The number of carbonyl (C=O) groups is 2. The van der Waals surface area contributed by atoms with E-state index in [0.29, 0.717) is 29.7 Å². The topological polar surface area (TPSA) is 92.4 Å². The molecule has 0 bridgehead atoms. The smallest absolute Gasteiger partial charge is 0.329 e. The SMILES string of the molecule is Cc1c(N)cccc1C(=O)NC1(C(=O)O)CCC1. The van der Waals surface area contributed by atoms with Gasteiger partial charge in [-0.2, -0.15) is 0 Å². The lowest BCUT2D eigenvalue weighted by Gasteiger charge is -2.38. The Balaban J connectivity index is 2.22. The molecule has 1 aromatic rings. The number of carbonyl (C=O) groups excluding carboxylic acids is 1. The minimum atomic E-state index is -1.09. The van der Waals surface area contributed by atoms with Gasteiger partial charge in [-0.25, -0.2) is 4.79 Å². The zero-order valence-electron chi connectivity index (χ0n) is 10.2. The van der Waals surface area contributed by atoms with Gasteiger partial charge in [0, 0.05) is 11.3 Å². The van der Waals surface area contributed by atoms with Crippen LogP contribution in [0.3, 0.4) is 0 Å². The molecular weight excluding hydrogens is 232 g/mol. The molecule has 0 aliphatic heterocycles. The molecular formula is C13H16N2O3. The fourth-order valence-electron chi connectivity index (χ4n) is 2.11. The van der Waals surface area contributed by atoms with E-state index in [1.165, 1.54) is 0 Å². The van der Waals surface area contributed by atoms with E-state index in [-0.39, 0.29) is 5.91 Å². The zero-order valence-corrected chi connectivity index (χ0v) is 10.2. The highest BCUT2D eigenvalue weighted by Gasteiger charge is 2.45. The Bertz CT molecular complexity index is 507. The molecule has 1 saturated carbocycles. The molecule has 0 heterocycles. The van der Waals surface area contributed by atoms with Crippen LogP contribution in [0.5, 0.6) is 0 Å². The number of benzene rings is 1. The van der Waals surface area contributed by atoms with E-state index in [2.05, 4.69) is 5.32 Å². The Morgan fingerprint density at radius 3 is 2.56 bits per heavy atom. The maximum absolute atomic E-state index is 12.1. The van der Waals surface area contributed by atoms with E-state index < -0.39 is 11.5 Å². The van der Waals surface area contributed by atoms with Crippen molar-refractivity contribution in [2.24, 2.45) is 0 Å². The van der Waals surface area contributed by atoms with Crippen molar-refractivity contribution in [1.29, 1.82) is 0 Å². The summed E-state index contributed by atoms with van der Waals surface area (Å²) in [5.41, 5.74) is 6.28. The van der Waals surface area contributed by atoms with Gasteiger partial charge in [0.2, 0.25) is 0 Å². The van der Waals surface area contributed by atoms with Crippen LogP contribution in [0.1, 0.15) is 35.2 Å². The van der Waals surface area contributed by atoms with Crippen molar-refractivity contribution in [3.63, 3.8) is 0 Å². The van der Waals surface area contributed by atoms with Crippen LogP contribution in [-0.2, 0) is 4.79 Å². The fraction of sp³-hybridized carbons (Fsp3) is 0.385. The average Bonchev–Trinajstić information content (AvgIpc) is 2.26. The lowest BCUT2D eigenvalue weighted by Crippen LogP contribution is -2.59. The van der Waals surface area contributed by atoms with Crippen LogP contribution in [0, 0.1) is 6.92 Å². The van der Waals surface area contributed by atoms with Gasteiger partial charge < -0.3 is 16.2 Å². The number of anilines is 1. The molecule has 18 heavy (non-hydrogen) atoms. The Hall–Kier alpha value is -2.04. The molecule has 0 aromatic heterocycles. The van der Waals surface area contributed by atoms with E-state index in [1.54, 1.807) is 25.1 Å². The molecule has 1 fully saturated rings. The van der Waals surface area contributed by atoms with Gasteiger partial charge in [-0.3, -0.25) is 4.79 Å². The largest absolute Gasteiger partial charge is 0.480 e. The highest BCUT2D eigenvalue weighted by atomic mass is 16.4. The van der Waals surface area contributed by atoms with Gasteiger partial charge in [-0.1, -0.05) is 6.07 Å². The van der Waals surface area contributed by atoms with Gasteiger partial charge >= 0.3 is 5.97 Å². The lowest BCUT2D eigenvalue weighted by atomic mass is 9.76. The van der Waals surface area contributed by atoms with Crippen molar-refractivity contribution < 1.29 is 14.7 Å². The summed E-state index contributed by atoms with van der Waals surface area (Å²) in [6.45, 7) is 1.75. The van der Waals surface area contributed by atoms with Crippen molar-refractivity contribution in [3.05, 3.63) is 29.3 Å². The Labute approximate surface area is 105 Å². The minimum absolute atomic E-state index is 0.373. The van der Waals surface area contributed by atoms with Crippen LogP contribution in [0.25, 0.3) is 0 Å². The molecule has 0 saturated heterocycles. The van der Waals surface area contributed by atoms with E-state index in [0.717, 1.165) is 6.42 Å². The van der Waals surface area contributed by atoms with Gasteiger partial charge in [0.15, 0.2) is 0 Å². The molecule has 1 amide bonds. The van der Waals surface area contributed by atoms with Gasteiger partial charge in [0.25, 0.3) is 5.91 Å². The predicted molar refractivity (Wildman–Crippen MR) is 67.3 cm³/mol. The second-order valence-electron chi connectivity index (χ2n) is 4.71. The highest BCUT2D eigenvalue weighted by molar-refractivity contribution is 6.00. The number of rotatable bonds is 3. The summed E-state index contributed by atoms with van der Waals surface area (Å²) in [7, 11) is 0. The quantitative estimate of drug-likeness (QED) is 0.703. The number of nitrogens with two attached hydrogens (primary N) is 1. The number of carboxylic acids is 1. The predicted octanol–water partition coefficient (Wildman–Crippen LogP) is 1.31. The maximum atomic E-state index is 12.1. The third kappa shape index (κ3) is 1.92. The summed E-state index contributed by atoms with van der Waals surface area (Å²) in [6.07, 6.45) is 1.79. The maximum Gasteiger partial charge on any atom is 0.329 e. The number of carboxylic acid groups (broad SMARTS) is 1. The number of hydrogen-bond acceptors (Lipinski definition) is 3. The van der Waals surface area contributed by atoms with Crippen LogP contribution in [0.15, 0.2) is 18.2 Å². The lowest BCUT2D eigenvalue weighted by molar-refractivity contribution is -0.148. The molecule has 4 N–H and O–H groups in total. The van der Waals surface area contributed by atoms with Gasteiger partial charge in [-0.05, 0) is 43.9 Å². The van der Waals surface area contributed by atoms with E-state index >= 15 is 0 Å². The van der Waals surface area contributed by atoms with Gasteiger partial charge in [0.05, 0.1) is 0 Å². The first kappa shape index (κ1) is 12.4. The standard InChI is InChI=1S/C13H16N2O3/c1-8-9(4-2-5-10(8)14)11(16)15-13(12(17)18)6-3-7-13/h2,4-5H,3,6-7,14H2,1H3,(H,15,16)(H,17,18). The van der Waals surface area contributed by atoms with Gasteiger partial charge in [-0.15, -0.1) is 0 Å². The summed E-state index contributed by atoms with van der Waals surface area (Å²) >= 11 is 0. The van der Waals surface area contributed by atoms with E-state index in [9.17, 15) is 9.59 Å². The van der Waals surface area contributed by atoms with Crippen molar-refractivity contribution in [2.75, 3.05) is 5.73 Å². The molecule has 0 radical (unpaired) electrons. The third-order valence-corrected chi connectivity index (χ3v) is 3.59. The Morgan fingerprint density at radius 1 is 1.39 bits per heavy atom. The molecule has 1 aromatic carbocycles. The monoisotopic (exact) mass is 248 g/mol. The molecule has 2 rings (SSSR count). The summed E-state index contributed by atoms with van der Waals surface area (Å²) < 4.78 is 0. The van der Waals surface area contributed by atoms with Crippen molar-refractivity contribution >= 4 is 17.6 Å². The van der Waals surface area contributed by atoms with E-state index in [4.69, 9.17) is 10.8 Å². The van der Waals surface area contributed by atoms with Crippen molar-refractivity contribution in [2.45, 2.75) is 31.7 Å². The Morgan fingerprint density at radius 2 is 2.06 bits per heavy atom. The van der Waals surface area contributed by atoms with E-state index in [1.807, 2.05) is 0 Å². The molecule has 1 aliphatic carbocycles. The van der Waals surface area contributed by atoms with Crippen molar-refractivity contribution in [1.82, 2.24) is 5.32 Å². The highest BCUT2D eigenvalue weighted by Crippen LogP contribution is 2.32. The van der Waals surface area contributed by atoms with Crippen LogP contribution in [-0.4, -0.2) is 22.5 Å². The third-order valence-electron chi connectivity index (χ3n) is 3.59. The summed E-state index contributed by atoms with van der Waals surface area (Å²) in [4.78, 5) is 23.3. The molecule has 0 unspecified atom stereocenters. The average molecular weight is 248 g/mol. The molecule has 1 aliphatic rings. The first-order chi connectivity index (χ1) is 8.46. The van der Waals surface area contributed by atoms with Crippen LogP contribution in [0.4, 0.5) is 5.69 Å². The molecule has 96 valence electrons. The number of nitrogens with one attached hydrogen (secondary N) is 1. The molecule has 5 nitrogen and oxygen atoms in total. The molecule has 0 spiro atoms. The summed E-state index contributed by atoms with van der Waals surface area (Å²) in [6, 6.07) is 5.04. The summed E-state index contributed by atoms with van der Waals surface area (Å²) in [5.74, 6) is -1.34. The first-order valence-electron chi connectivity index (χ1n) is 5.87. The van der Waals surface area contributed by atoms with Crippen LogP contribution in [0.2, 0.25) is 0 Å². The van der Waals surface area contributed by atoms with Crippen LogP contribution >= 0.6 is 0 Å². The Kier molecular flexibility index (Phi) is 2.98. The van der Waals surface area contributed by atoms with Crippen LogP contribution < -0.4 is 11.1 Å². The summed E-state index contributed by atoms with van der Waals surface area (Å²) in [5, 5.41) is 11.8. The number of aliphatic carboxylic acids is 1.